The summed E-state index contributed by atoms with van der Waals surface area (Å²) in [5.74, 6) is 2.22. The van der Waals surface area contributed by atoms with E-state index in [2.05, 4.69) is 73.0 Å². The van der Waals surface area contributed by atoms with Crippen molar-refractivity contribution in [2.75, 3.05) is 56.6 Å². The first-order valence-corrected chi connectivity index (χ1v) is 15.9. The molecule has 1 atom stereocenters. The second-order valence-electron chi connectivity index (χ2n) is 10.7. The lowest BCUT2D eigenvalue weighted by atomic mass is 9.86. The molecule has 4 heterocycles. The number of aryl methyl sites for hydroxylation is 3. The van der Waals surface area contributed by atoms with Gasteiger partial charge in [-0.1, -0.05) is 17.7 Å². The lowest BCUT2D eigenvalue weighted by Gasteiger charge is -2.36. The van der Waals surface area contributed by atoms with Gasteiger partial charge < -0.3 is 20.1 Å². The van der Waals surface area contributed by atoms with E-state index in [0.717, 1.165) is 37.5 Å². The van der Waals surface area contributed by atoms with Crippen molar-refractivity contribution >= 4 is 43.2 Å². The number of anilines is 4. The molecule has 9 nitrogen and oxygen atoms in total. The van der Waals surface area contributed by atoms with Crippen LogP contribution in [0.2, 0.25) is 5.02 Å². The quantitative estimate of drug-likeness (QED) is 0.178. The van der Waals surface area contributed by atoms with E-state index in [0.29, 0.717) is 28.5 Å². The van der Waals surface area contributed by atoms with Gasteiger partial charge in [-0.3, -0.25) is 9.77 Å². The van der Waals surface area contributed by atoms with Crippen LogP contribution in [0.25, 0.3) is 0 Å². The Labute approximate surface area is 238 Å². The van der Waals surface area contributed by atoms with Crippen LogP contribution in [0.3, 0.4) is 0 Å². The van der Waals surface area contributed by atoms with Crippen molar-refractivity contribution in [1.82, 2.24) is 29.7 Å². The zero-order valence-electron chi connectivity index (χ0n) is 23.4. The predicted octanol–water partition coefficient (Wildman–Crippen LogP) is 6.50. The van der Waals surface area contributed by atoms with E-state index < -0.39 is 8.30 Å². The Morgan fingerprint density at radius 1 is 1.08 bits per heavy atom. The lowest BCUT2D eigenvalue weighted by molar-refractivity contribution is 0.165. The third kappa shape index (κ3) is 7.27. The summed E-state index contributed by atoms with van der Waals surface area (Å²) in [6.45, 7) is 15.3. The largest absolute Gasteiger partial charge is 0.344 e. The van der Waals surface area contributed by atoms with E-state index in [4.69, 9.17) is 16.1 Å². The van der Waals surface area contributed by atoms with Crippen LogP contribution in [0, 0.1) is 20.8 Å². The normalized spacial score (nSPS) is 17.7. The van der Waals surface area contributed by atoms with Crippen LogP contribution in [0.1, 0.15) is 54.0 Å². The van der Waals surface area contributed by atoms with E-state index in [1.807, 2.05) is 13.0 Å². The molecular formula is C28H40ClN8OP. The first-order chi connectivity index (χ1) is 18.9. The van der Waals surface area contributed by atoms with Crippen molar-refractivity contribution in [3.63, 3.8) is 0 Å². The highest BCUT2D eigenvalue weighted by Crippen LogP contribution is 2.43. The average Bonchev–Trinajstić information content (AvgIpc) is 3.31. The predicted molar refractivity (Wildman–Crippen MR) is 161 cm³/mol. The SMILES string of the molecule is Cc1cc(Nc2nc(Nc3cc(C)c(C4CCN(P(C)OCCCN5CCC5)CC4)cc3C)ncc2Cl)n[nH]1. The molecule has 39 heavy (non-hydrogen) atoms. The topological polar surface area (TPSA) is 94.2 Å². The van der Waals surface area contributed by atoms with Crippen LogP contribution < -0.4 is 10.6 Å². The second-order valence-corrected chi connectivity index (χ2v) is 12.8. The monoisotopic (exact) mass is 570 g/mol. The van der Waals surface area contributed by atoms with E-state index in [1.165, 1.54) is 55.6 Å². The van der Waals surface area contributed by atoms with Crippen molar-refractivity contribution in [2.24, 2.45) is 0 Å². The van der Waals surface area contributed by atoms with E-state index in [9.17, 15) is 0 Å². The number of nitrogens with zero attached hydrogens (tertiary/aromatic N) is 5. The number of aromatic nitrogens is 4. The molecule has 3 aromatic rings. The van der Waals surface area contributed by atoms with Crippen molar-refractivity contribution in [1.29, 1.82) is 0 Å². The summed E-state index contributed by atoms with van der Waals surface area (Å²) >= 11 is 6.33. The molecule has 2 aliphatic heterocycles. The summed E-state index contributed by atoms with van der Waals surface area (Å²) in [5.41, 5.74) is 5.87. The van der Waals surface area contributed by atoms with Crippen LogP contribution in [-0.2, 0) is 4.52 Å². The summed E-state index contributed by atoms with van der Waals surface area (Å²) in [5, 5.41) is 14.1. The first kappa shape index (κ1) is 28.2. The van der Waals surface area contributed by atoms with Gasteiger partial charge in [-0.05, 0) is 94.9 Å². The minimum absolute atomic E-state index is 0.434. The molecule has 2 aromatic heterocycles. The Morgan fingerprint density at radius 2 is 1.87 bits per heavy atom. The molecule has 210 valence electrons. The van der Waals surface area contributed by atoms with Gasteiger partial charge in [0.25, 0.3) is 0 Å². The summed E-state index contributed by atoms with van der Waals surface area (Å²) in [7, 11) is -0.501. The number of piperidine rings is 1. The highest BCUT2D eigenvalue weighted by atomic mass is 35.5. The van der Waals surface area contributed by atoms with Crippen molar-refractivity contribution in [3.05, 3.63) is 51.8 Å². The number of halogens is 1. The number of H-pyrrole nitrogens is 1. The van der Waals surface area contributed by atoms with Gasteiger partial charge >= 0.3 is 0 Å². The average molecular weight is 571 g/mol. The number of nitrogens with one attached hydrogen (secondary N) is 3. The number of aromatic amines is 1. The van der Waals surface area contributed by atoms with Gasteiger partial charge in [0, 0.05) is 37.1 Å². The molecular weight excluding hydrogens is 531 g/mol. The maximum Gasteiger partial charge on any atom is 0.229 e. The maximum atomic E-state index is 6.33. The Balaban J connectivity index is 1.16. The molecule has 1 aromatic carbocycles. The zero-order chi connectivity index (χ0) is 27.4. The fourth-order valence-corrected chi connectivity index (χ4v) is 6.77. The molecule has 2 aliphatic rings. The Morgan fingerprint density at radius 3 is 2.56 bits per heavy atom. The molecule has 3 N–H and O–H groups in total. The first-order valence-electron chi connectivity index (χ1n) is 13.9. The molecule has 0 amide bonds. The van der Waals surface area contributed by atoms with Gasteiger partial charge in [-0.2, -0.15) is 10.1 Å². The van der Waals surface area contributed by atoms with Crippen LogP contribution >= 0.6 is 19.9 Å². The number of hydrogen-bond donors (Lipinski definition) is 3. The fraction of sp³-hybridized carbons (Fsp3) is 0.536. The van der Waals surface area contributed by atoms with Crippen molar-refractivity contribution < 1.29 is 4.52 Å². The van der Waals surface area contributed by atoms with Crippen LogP contribution in [0.4, 0.5) is 23.3 Å². The Kier molecular flexibility index (Phi) is 9.36. The molecule has 2 saturated heterocycles. The van der Waals surface area contributed by atoms with E-state index in [-0.39, 0.29) is 0 Å². The maximum absolute atomic E-state index is 6.33. The van der Waals surface area contributed by atoms with Gasteiger partial charge in [0.1, 0.15) is 13.3 Å². The molecule has 11 heteroatoms. The second kappa shape index (κ2) is 12.9. The van der Waals surface area contributed by atoms with Crippen LogP contribution in [0.5, 0.6) is 0 Å². The third-order valence-corrected chi connectivity index (χ3v) is 9.74. The fourth-order valence-electron chi connectivity index (χ4n) is 5.28. The minimum atomic E-state index is -0.501. The molecule has 5 rings (SSSR count). The lowest BCUT2D eigenvalue weighted by Crippen LogP contribution is -2.38. The third-order valence-electron chi connectivity index (χ3n) is 7.71. The molecule has 0 radical (unpaired) electrons. The highest BCUT2D eigenvalue weighted by molar-refractivity contribution is 7.49. The van der Waals surface area contributed by atoms with Gasteiger partial charge in [0.15, 0.2) is 11.6 Å². The van der Waals surface area contributed by atoms with Crippen LogP contribution in [0.15, 0.2) is 24.4 Å². The summed E-state index contributed by atoms with van der Waals surface area (Å²) in [6, 6.07) is 6.44. The molecule has 0 bridgehead atoms. The number of hydrogen-bond acceptors (Lipinski definition) is 8. The summed E-state index contributed by atoms with van der Waals surface area (Å²) in [4.78, 5) is 11.5. The van der Waals surface area contributed by atoms with Crippen molar-refractivity contribution in [3.8, 4) is 0 Å². The van der Waals surface area contributed by atoms with Gasteiger partial charge in [-0.15, -0.1) is 0 Å². The molecule has 1 unspecified atom stereocenters. The summed E-state index contributed by atoms with van der Waals surface area (Å²) < 4.78 is 8.79. The van der Waals surface area contributed by atoms with Gasteiger partial charge in [-0.25, -0.2) is 4.98 Å². The van der Waals surface area contributed by atoms with Crippen LogP contribution in [-0.4, -0.2) is 75.7 Å². The van der Waals surface area contributed by atoms with Crippen molar-refractivity contribution in [2.45, 2.75) is 52.4 Å². The molecule has 0 spiro atoms. The Bertz CT molecular complexity index is 1260. The summed E-state index contributed by atoms with van der Waals surface area (Å²) in [6.07, 6.45) is 6.43. The minimum Gasteiger partial charge on any atom is -0.344 e. The standard InChI is InChI=1S/C28H40ClN8OP/c1-19-16-25(31-28-30-18-24(29)27(33-28)32-26-17-21(3)34-35-26)20(2)15-23(19)22-7-12-37(13-8-22)39(4)38-14-6-11-36-9-5-10-36/h15-18,22H,5-14H2,1-4H3,(H3,30,31,32,33,34,35). The van der Waals surface area contributed by atoms with Gasteiger partial charge in [0.2, 0.25) is 5.95 Å². The number of benzene rings is 1. The number of rotatable bonds is 11. The van der Waals surface area contributed by atoms with E-state index >= 15 is 0 Å². The molecule has 2 fully saturated rings. The highest BCUT2D eigenvalue weighted by Gasteiger charge is 2.26. The molecule has 0 saturated carbocycles. The smallest absolute Gasteiger partial charge is 0.229 e. The van der Waals surface area contributed by atoms with E-state index in [1.54, 1.807) is 6.20 Å². The Hall–Kier alpha value is -2.29. The number of likely N-dealkylation sites (tertiary alicyclic amines) is 1. The van der Waals surface area contributed by atoms with Gasteiger partial charge in [0.05, 0.1) is 12.8 Å². The molecule has 0 aliphatic carbocycles. The zero-order valence-corrected chi connectivity index (χ0v) is 25.1.